The van der Waals surface area contributed by atoms with E-state index in [0.29, 0.717) is 32.1 Å². The van der Waals surface area contributed by atoms with Crippen LogP contribution in [0.2, 0.25) is 0 Å². The molecule has 0 atom stereocenters. The number of hydrogen-bond acceptors (Lipinski definition) is 6. The Labute approximate surface area is 165 Å². The van der Waals surface area contributed by atoms with Gasteiger partial charge >= 0.3 is 0 Å². The van der Waals surface area contributed by atoms with Gasteiger partial charge in [-0.05, 0) is 31.0 Å². The standard InChI is InChI=1S/C21H26N4O3/c1-16-18-7-9-24(20(26)15-28-17-5-3-2-4-6-17)10-8-19(18)23-21(22-16)25-11-13-27-14-12-25/h2-6H,7-15H2,1H3. The van der Waals surface area contributed by atoms with E-state index in [0.717, 1.165) is 43.3 Å². The van der Waals surface area contributed by atoms with Crippen LogP contribution in [-0.2, 0) is 22.4 Å². The minimum absolute atomic E-state index is 0.00988. The number of aryl methyl sites for hydroxylation is 1. The first kappa shape index (κ1) is 18.7. The Morgan fingerprint density at radius 2 is 1.82 bits per heavy atom. The van der Waals surface area contributed by atoms with Gasteiger partial charge in [0.05, 0.1) is 18.9 Å². The van der Waals surface area contributed by atoms with Gasteiger partial charge in [-0.15, -0.1) is 0 Å². The lowest BCUT2D eigenvalue weighted by atomic mass is 10.1. The highest BCUT2D eigenvalue weighted by molar-refractivity contribution is 5.78. The molecule has 0 spiro atoms. The van der Waals surface area contributed by atoms with Crippen LogP contribution in [0, 0.1) is 6.92 Å². The maximum Gasteiger partial charge on any atom is 0.260 e. The number of benzene rings is 1. The molecule has 1 aromatic carbocycles. The number of anilines is 1. The average Bonchev–Trinajstić information content (AvgIpc) is 2.96. The van der Waals surface area contributed by atoms with Gasteiger partial charge in [0.2, 0.25) is 5.95 Å². The molecule has 7 heteroatoms. The molecule has 0 aliphatic carbocycles. The monoisotopic (exact) mass is 382 g/mol. The fourth-order valence-corrected chi connectivity index (χ4v) is 3.68. The van der Waals surface area contributed by atoms with Gasteiger partial charge in [-0.2, -0.15) is 0 Å². The van der Waals surface area contributed by atoms with Crippen molar-refractivity contribution in [3.8, 4) is 5.75 Å². The van der Waals surface area contributed by atoms with E-state index in [4.69, 9.17) is 19.4 Å². The van der Waals surface area contributed by atoms with Crippen LogP contribution in [0.25, 0.3) is 0 Å². The van der Waals surface area contributed by atoms with Crippen molar-refractivity contribution in [1.82, 2.24) is 14.9 Å². The molecule has 2 aliphatic heterocycles. The number of rotatable bonds is 4. The van der Waals surface area contributed by atoms with Gasteiger partial charge in [0.1, 0.15) is 5.75 Å². The molecule has 0 unspecified atom stereocenters. The van der Waals surface area contributed by atoms with Gasteiger partial charge in [-0.3, -0.25) is 4.79 Å². The molecule has 3 heterocycles. The average molecular weight is 382 g/mol. The van der Waals surface area contributed by atoms with E-state index in [9.17, 15) is 4.79 Å². The minimum Gasteiger partial charge on any atom is -0.484 e. The van der Waals surface area contributed by atoms with Gasteiger partial charge in [0.15, 0.2) is 6.61 Å². The van der Waals surface area contributed by atoms with Crippen molar-refractivity contribution >= 4 is 11.9 Å². The quantitative estimate of drug-likeness (QED) is 0.801. The van der Waals surface area contributed by atoms with Crippen LogP contribution in [0.5, 0.6) is 5.75 Å². The normalized spacial score (nSPS) is 17.0. The van der Waals surface area contributed by atoms with Crippen molar-refractivity contribution in [2.24, 2.45) is 0 Å². The molecule has 0 N–H and O–H groups in total. The largest absolute Gasteiger partial charge is 0.484 e. The first-order valence-electron chi connectivity index (χ1n) is 9.85. The van der Waals surface area contributed by atoms with Crippen LogP contribution < -0.4 is 9.64 Å². The summed E-state index contributed by atoms with van der Waals surface area (Å²) in [7, 11) is 0. The number of fused-ring (bicyclic) bond motifs is 1. The molecular formula is C21H26N4O3. The van der Waals surface area contributed by atoms with E-state index < -0.39 is 0 Å². The molecule has 7 nitrogen and oxygen atoms in total. The fraction of sp³-hybridized carbons (Fsp3) is 0.476. The van der Waals surface area contributed by atoms with E-state index in [2.05, 4.69) is 4.90 Å². The maximum atomic E-state index is 12.6. The smallest absolute Gasteiger partial charge is 0.260 e. The summed E-state index contributed by atoms with van der Waals surface area (Å²) in [6.45, 7) is 6.49. The molecule has 0 bridgehead atoms. The predicted octanol–water partition coefficient (Wildman–Crippen LogP) is 1.63. The highest BCUT2D eigenvalue weighted by atomic mass is 16.5. The van der Waals surface area contributed by atoms with E-state index in [1.54, 1.807) is 0 Å². The molecule has 1 aromatic heterocycles. The summed E-state index contributed by atoms with van der Waals surface area (Å²) in [5.74, 6) is 1.51. The summed E-state index contributed by atoms with van der Waals surface area (Å²) in [5, 5.41) is 0. The lowest BCUT2D eigenvalue weighted by Crippen LogP contribution is -2.37. The summed E-state index contributed by atoms with van der Waals surface area (Å²) in [4.78, 5) is 26.2. The highest BCUT2D eigenvalue weighted by Gasteiger charge is 2.23. The SMILES string of the molecule is Cc1nc(N2CCOCC2)nc2c1CCN(C(=O)COc1ccccc1)CC2. The number of carbonyl (C=O) groups excluding carboxylic acids is 1. The van der Waals surface area contributed by atoms with Crippen LogP contribution in [0.4, 0.5) is 5.95 Å². The van der Waals surface area contributed by atoms with E-state index in [1.807, 2.05) is 42.2 Å². The minimum atomic E-state index is 0.00988. The van der Waals surface area contributed by atoms with Crippen LogP contribution in [0.1, 0.15) is 17.0 Å². The third kappa shape index (κ3) is 4.25. The zero-order valence-electron chi connectivity index (χ0n) is 16.3. The Hall–Kier alpha value is -2.67. The Kier molecular flexibility index (Phi) is 5.71. The van der Waals surface area contributed by atoms with Gasteiger partial charge in [-0.25, -0.2) is 9.97 Å². The third-order valence-corrected chi connectivity index (χ3v) is 5.29. The van der Waals surface area contributed by atoms with Gasteiger partial charge in [-0.1, -0.05) is 18.2 Å². The van der Waals surface area contributed by atoms with E-state index >= 15 is 0 Å². The van der Waals surface area contributed by atoms with Crippen molar-refractivity contribution in [2.75, 3.05) is 50.9 Å². The summed E-state index contributed by atoms with van der Waals surface area (Å²) in [6, 6.07) is 9.44. The number of ether oxygens (including phenoxy) is 2. The van der Waals surface area contributed by atoms with Crippen molar-refractivity contribution < 1.29 is 14.3 Å². The van der Waals surface area contributed by atoms with Crippen LogP contribution in [0.3, 0.4) is 0 Å². The van der Waals surface area contributed by atoms with Crippen molar-refractivity contribution in [1.29, 1.82) is 0 Å². The van der Waals surface area contributed by atoms with Gasteiger partial charge in [0.25, 0.3) is 5.91 Å². The van der Waals surface area contributed by atoms with Crippen LogP contribution in [0.15, 0.2) is 30.3 Å². The topological polar surface area (TPSA) is 67.8 Å². The summed E-state index contributed by atoms with van der Waals surface area (Å²) < 4.78 is 11.0. The number of hydrogen-bond donors (Lipinski definition) is 0. The molecule has 1 amide bonds. The zero-order chi connectivity index (χ0) is 19.3. The predicted molar refractivity (Wildman–Crippen MR) is 106 cm³/mol. The molecule has 1 fully saturated rings. The first-order valence-corrected chi connectivity index (χ1v) is 9.85. The fourth-order valence-electron chi connectivity index (χ4n) is 3.68. The second-order valence-corrected chi connectivity index (χ2v) is 7.12. The summed E-state index contributed by atoms with van der Waals surface area (Å²) in [6.07, 6.45) is 1.52. The number of para-hydroxylation sites is 1. The molecule has 28 heavy (non-hydrogen) atoms. The molecule has 0 saturated carbocycles. The molecule has 4 rings (SSSR count). The number of nitrogens with zero attached hydrogens (tertiary/aromatic N) is 4. The number of amides is 1. The van der Waals surface area contributed by atoms with Crippen LogP contribution in [-0.4, -0.2) is 66.8 Å². The first-order chi connectivity index (χ1) is 13.7. The van der Waals surface area contributed by atoms with E-state index in [-0.39, 0.29) is 12.5 Å². The second-order valence-electron chi connectivity index (χ2n) is 7.12. The molecule has 2 aliphatic rings. The Balaban J connectivity index is 1.41. The zero-order valence-corrected chi connectivity index (χ0v) is 16.3. The molecule has 148 valence electrons. The van der Waals surface area contributed by atoms with Crippen molar-refractivity contribution in [3.05, 3.63) is 47.3 Å². The molecule has 1 saturated heterocycles. The Morgan fingerprint density at radius 3 is 2.61 bits per heavy atom. The van der Waals surface area contributed by atoms with Crippen LogP contribution >= 0.6 is 0 Å². The molecule has 2 aromatic rings. The summed E-state index contributed by atoms with van der Waals surface area (Å²) in [5.41, 5.74) is 3.26. The second kappa shape index (κ2) is 8.56. The summed E-state index contributed by atoms with van der Waals surface area (Å²) >= 11 is 0. The van der Waals surface area contributed by atoms with E-state index in [1.165, 1.54) is 5.56 Å². The number of carbonyl (C=O) groups is 1. The van der Waals surface area contributed by atoms with Crippen molar-refractivity contribution in [3.63, 3.8) is 0 Å². The number of aromatic nitrogens is 2. The van der Waals surface area contributed by atoms with Gasteiger partial charge in [0, 0.05) is 38.3 Å². The molecule has 0 radical (unpaired) electrons. The maximum absolute atomic E-state index is 12.6. The molecular weight excluding hydrogens is 356 g/mol. The number of morpholine rings is 1. The lowest BCUT2D eigenvalue weighted by Gasteiger charge is -2.27. The lowest BCUT2D eigenvalue weighted by molar-refractivity contribution is -0.133. The van der Waals surface area contributed by atoms with Gasteiger partial charge < -0.3 is 19.3 Å². The Morgan fingerprint density at radius 1 is 1.07 bits per heavy atom. The Bertz CT molecular complexity index is 822. The third-order valence-electron chi connectivity index (χ3n) is 5.29. The highest BCUT2D eigenvalue weighted by Crippen LogP contribution is 2.21. The van der Waals surface area contributed by atoms with Crippen molar-refractivity contribution in [2.45, 2.75) is 19.8 Å².